The summed E-state index contributed by atoms with van der Waals surface area (Å²) in [5.74, 6) is 0. The zero-order valence-electron chi connectivity index (χ0n) is 25.0. The van der Waals surface area contributed by atoms with Crippen LogP contribution in [0.2, 0.25) is 0 Å². The van der Waals surface area contributed by atoms with E-state index in [0.29, 0.717) is 0 Å². The number of rotatable bonds is 8. The van der Waals surface area contributed by atoms with E-state index in [-0.39, 0.29) is 0 Å². The summed E-state index contributed by atoms with van der Waals surface area (Å²) in [4.78, 5) is 0. The van der Waals surface area contributed by atoms with Crippen molar-refractivity contribution < 1.29 is 0 Å². The van der Waals surface area contributed by atoms with Gasteiger partial charge in [-0.3, -0.25) is 0 Å². The van der Waals surface area contributed by atoms with Crippen molar-refractivity contribution in [2.45, 2.75) is 0 Å². The monoisotopic (exact) mass is 610 g/mol. The average molecular weight is 611 g/mol. The van der Waals surface area contributed by atoms with Crippen LogP contribution in [0.3, 0.4) is 0 Å². The van der Waals surface area contributed by atoms with Crippen molar-refractivity contribution in [1.82, 2.24) is 9.34 Å². The summed E-state index contributed by atoms with van der Waals surface area (Å²) < 4.78 is 5.76. The van der Waals surface area contributed by atoms with E-state index in [1.165, 1.54) is 31.8 Å². The van der Waals surface area contributed by atoms with Gasteiger partial charge in [0.05, 0.1) is 0 Å². The molecule has 2 nitrogen and oxygen atoms in total. The van der Waals surface area contributed by atoms with Crippen LogP contribution in [0.25, 0.3) is 0 Å². The number of hydrogen-bond donors (Lipinski definition) is 0. The Bertz CT molecular complexity index is 1410. The van der Waals surface area contributed by atoms with Gasteiger partial charge in [0.25, 0.3) is 0 Å². The molecule has 4 heteroatoms. The van der Waals surface area contributed by atoms with Gasteiger partial charge in [-0.25, -0.2) is 0 Å². The first-order valence-electron chi connectivity index (χ1n) is 15.7. The third-order valence-electron chi connectivity index (χ3n) is 9.38. The Kier molecular flexibility index (Phi) is 8.52. The minimum atomic E-state index is -2.53. The fraction of sp³-hybridized carbons (Fsp3) is 0.100. The van der Waals surface area contributed by atoms with E-state index in [1.54, 1.807) is 0 Å². The quantitative estimate of drug-likeness (QED) is 0.199. The third kappa shape index (κ3) is 5.03. The van der Waals surface area contributed by atoms with Crippen LogP contribution in [0.5, 0.6) is 0 Å². The van der Waals surface area contributed by atoms with Crippen LogP contribution in [-0.2, 0) is 0 Å². The number of hydrogen-bond acceptors (Lipinski definition) is 2. The molecule has 220 valence electrons. The van der Waals surface area contributed by atoms with Crippen molar-refractivity contribution in [2.24, 2.45) is 0 Å². The van der Waals surface area contributed by atoms with E-state index in [2.05, 4.69) is 191 Å². The van der Waals surface area contributed by atoms with E-state index in [1.807, 2.05) is 0 Å². The van der Waals surface area contributed by atoms with Crippen LogP contribution in [0.15, 0.2) is 182 Å². The molecule has 0 aromatic heterocycles. The van der Waals surface area contributed by atoms with Gasteiger partial charge in [0, 0.05) is 0 Å². The van der Waals surface area contributed by atoms with Crippen molar-refractivity contribution in [2.75, 3.05) is 26.2 Å². The zero-order valence-corrected chi connectivity index (χ0v) is 27.0. The summed E-state index contributed by atoms with van der Waals surface area (Å²) in [6.07, 6.45) is 0. The number of nitrogens with zero attached hydrogens (tertiary/aromatic N) is 2. The second-order valence-electron chi connectivity index (χ2n) is 11.6. The predicted molar refractivity (Wildman–Crippen MR) is 196 cm³/mol. The average Bonchev–Trinajstić information content (AvgIpc) is 3.12. The summed E-state index contributed by atoms with van der Waals surface area (Å²) in [6.45, 7) is 4.02. The fourth-order valence-electron chi connectivity index (χ4n) is 7.55. The molecule has 0 saturated carbocycles. The van der Waals surface area contributed by atoms with Gasteiger partial charge in [-0.15, -0.1) is 0 Å². The molecule has 6 aromatic rings. The van der Waals surface area contributed by atoms with Crippen LogP contribution >= 0.6 is 14.8 Å². The van der Waals surface area contributed by atoms with Gasteiger partial charge in [0.2, 0.25) is 0 Å². The molecule has 6 aromatic carbocycles. The van der Waals surface area contributed by atoms with Crippen molar-refractivity contribution in [1.29, 1.82) is 0 Å². The maximum atomic E-state index is 2.88. The van der Waals surface area contributed by atoms with E-state index < -0.39 is 14.8 Å². The molecule has 44 heavy (non-hydrogen) atoms. The molecule has 0 amide bonds. The van der Waals surface area contributed by atoms with Crippen LogP contribution in [0, 0.1) is 0 Å². The molecule has 7 rings (SSSR count). The Morgan fingerprint density at radius 3 is 0.568 bits per heavy atom. The van der Waals surface area contributed by atoms with Crippen molar-refractivity contribution in [3.8, 4) is 0 Å². The van der Waals surface area contributed by atoms with Crippen LogP contribution < -0.4 is 31.8 Å². The molecule has 0 spiro atoms. The van der Waals surface area contributed by atoms with E-state index in [9.17, 15) is 0 Å². The molecule has 0 unspecified atom stereocenters. The van der Waals surface area contributed by atoms with Gasteiger partial charge in [-0.2, -0.15) is 0 Å². The summed E-state index contributed by atoms with van der Waals surface area (Å²) >= 11 is 0. The van der Waals surface area contributed by atoms with Gasteiger partial charge >= 0.3 is 264 Å². The molecule has 1 aliphatic rings. The first-order chi connectivity index (χ1) is 21.8. The summed E-state index contributed by atoms with van der Waals surface area (Å²) in [5, 5.41) is 8.69. The van der Waals surface area contributed by atoms with Crippen LogP contribution in [0.1, 0.15) is 0 Å². The summed E-state index contributed by atoms with van der Waals surface area (Å²) in [6, 6.07) is 68.0. The van der Waals surface area contributed by atoms with Gasteiger partial charge in [-0.05, 0) is 0 Å². The van der Waals surface area contributed by atoms with Crippen LogP contribution in [-0.4, -0.2) is 35.5 Å². The van der Waals surface area contributed by atoms with Gasteiger partial charge < -0.3 is 0 Å². The van der Waals surface area contributed by atoms with Gasteiger partial charge in [0.15, 0.2) is 0 Å². The standard InChI is InChI=1S/C40H40N2P2/c1-7-19-35(20-8-1)43(36-21-9-2-10-22-36,37-23-11-3-12-24-37)41-31-33-42(34-32-41)44(38-25-13-4-14-26-38,39-27-15-5-16-28-39)40-29-17-6-18-30-40/h1-30,43-44H,31-34H2. The van der Waals surface area contributed by atoms with Crippen molar-refractivity contribution >= 4 is 46.7 Å². The molecule has 0 atom stereocenters. The fourth-order valence-corrected chi connectivity index (χ4v) is 17.5. The Labute approximate surface area is 263 Å². The normalized spacial score (nSPS) is 15.5. The molecule has 0 N–H and O–H groups in total. The molecular weight excluding hydrogens is 570 g/mol. The molecule has 0 aliphatic carbocycles. The third-order valence-corrected chi connectivity index (χ3v) is 19.2. The molecule has 1 aliphatic heterocycles. The molecule has 1 saturated heterocycles. The van der Waals surface area contributed by atoms with Crippen molar-refractivity contribution in [3.63, 3.8) is 0 Å². The van der Waals surface area contributed by atoms with E-state index in [0.717, 1.165) is 26.2 Å². The van der Waals surface area contributed by atoms with Gasteiger partial charge in [-0.1, -0.05) is 0 Å². The first kappa shape index (κ1) is 28.8. The Hall–Kier alpha value is -3.90. The molecule has 1 fully saturated rings. The van der Waals surface area contributed by atoms with Crippen molar-refractivity contribution in [3.05, 3.63) is 182 Å². The topological polar surface area (TPSA) is 6.48 Å². The Morgan fingerprint density at radius 1 is 0.250 bits per heavy atom. The summed E-state index contributed by atoms with van der Waals surface area (Å²) in [7, 11) is -5.05. The zero-order chi connectivity index (χ0) is 29.7. The van der Waals surface area contributed by atoms with E-state index >= 15 is 0 Å². The Morgan fingerprint density at radius 2 is 0.409 bits per heavy atom. The summed E-state index contributed by atoms with van der Waals surface area (Å²) in [5.41, 5.74) is 0. The second-order valence-corrected chi connectivity index (χ2v) is 19.2. The molecular formula is C40H40N2P2. The Balaban J connectivity index is 1.37. The number of benzene rings is 6. The molecule has 0 radical (unpaired) electrons. The minimum absolute atomic E-state index is 1.01. The van der Waals surface area contributed by atoms with Crippen LogP contribution in [0.4, 0.5) is 0 Å². The molecule has 1 heterocycles. The second kappa shape index (κ2) is 13.0. The molecule has 0 bridgehead atoms. The first-order valence-corrected chi connectivity index (χ1v) is 19.6. The predicted octanol–water partition coefficient (Wildman–Crippen LogP) is 5.89. The SMILES string of the molecule is c1ccc([PH](c2ccccc2)(c2ccccc2)N2CCN([PH](c3ccccc3)(c3ccccc3)c3ccccc3)CC2)cc1. The number of piperazine rings is 1. The van der Waals surface area contributed by atoms with E-state index in [4.69, 9.17) is 0 Å². The maximum absolute atomic E-state index is 2.88. The van der Waals surface area contributed by atoms with Gasteiger partial charge in [0.1, 0.15) is 0 Å².